The Labute approximate surface area is 145 Å². The summed E-state index contributed by atoms with van der Waals surface area (Å²) in [6.45, 7) is 9.72. The van der Waals surface area contributed by atoms with E-state index in [4.69, 9.17) is 9.47 Å². The highest BCUT2D eigenvalue weighted by atomic mass is 16.6. The van der Waals surface area contributed by atoms with Gasteiger partial charge in [-0.3, -0.25) is 4.98 Å². The van der Waals surface area contributed by atoms with Crippen LogP contribution in [-0.2, 0) is 15.9 Å². The van der Waals surface area contributed by atoms with Crippen molar-refractivity contribution < 1.29 is 14.3 Å². The van der Waals surface area contributed by atoms with E-state index < -0.39 is 11.7 Å². The molecule has 136 valence electrons. The van der Waals surface area contributed by atoms with E-state index in [-0.39, 0.29) is 6.04 Å². The number of alkyl carbamates (subject to hydrolysis) is 1. The van der Waals surface area contributed by atoms with Crippen molar-refractivity contribution >= 4 is 6.09 Å². The molecule has 0 fully saturated rings. The van der Waals surface area contributed by atoms with Gasteiger partial charge in [-0.05, 0) is 64.3 Å². The van der Waals surface area contributed by atoms with Crippen molar-refractivity contribution in [2.75, 3.05) is 26.8 Å². The van der Waals surface area contributed by atoms with Gasteiger partial charge in [-0.15, -0.1) is 0 Å². The summed E-state index contributed by atoms with van der Waals surface area (Å²) in [6, 6.07) is 2.01. The molecule has 0 aliphatic carbocycles. The zero-order valence-electron chi connectivity index (χ0n) is 15.5. The average molecular weight is 337 g/mol. The molecule has 1 atom stereocenters. The minimum Gasteiger partial charge on any atom is -0.444 e. The van der Waals surface area contributed by atoms with Crippen LogP contribution in [0.2, 0.25) is 0 Å². The zero-order valence-corrected chi connectivity index (χ0v) is 15.5. The van der Waals surface area contributed by atoms with Crippen molar-refractivity contribution in [1.82, 2.24) is 15.6 Å². The predicted octanol–water partition coefficient (Wildman–Crippen LogP) is 2.45. The first-order chi connectivity index (χ1) is 11.3. The minimum atomic E-state index is -0.498. The van der Waals surface area contributed by atoms with Gasteiger partial charge in [-0.2, -0.15) is 0 Å². The monoisotopic (exact) mass is 337 g/mol. The molecule has 1 aromatic rings. The van der Waals surface area contributed by atoms with Crippen LogP contribution in [0, 0.1) is 6.92 Å². The van der Waals surface area contributed by atoms with Crippen LogP contribution >= 0.6 is 0 Å². The Bertz CT molecular complexity index is 501. The van der Waals surface area contributed by atoms with Gasteiger partial charge < -0.3 is 20.1 Å². The minimum absolute atomic E-state index is 0.0293. The molecule has 6 heteroatoms. The lowest BCUT2D eigenvalue weighted by atomic mass is 10.1. The van der Waals surface area contributed by atoms with Gasteiger partial charge in [0.1, 0.15) is 5.60 Å². The number of rotatable bonds is 9. The highest BCUT2D eigenvalue weighted by Crippen LogP contribution is 2.07. The van der Waals surface area contributed by atoms with Crippen LogP contribution in [0.4, 0.5) is 4.79 Å². The van der Waals surface area contributed by atoms with Gasteiger partial charge in [-0.25, -0.2) is 4.79 Å². The summed E-state index contributed by atoms with van der Waals surface area (Å²) in [7, 11) is 1.66. The Hall–Kier alpha value is -1.66. The maximum absolute atomic E-state index is 11.9. The van der Waals surface area contributed by atoms with Crippen molar-refractivity contribution in [2.45, 2.75) is 52.2 Å². The molecule has 6 nitrogen and oxygen atoms in total. The van der Waals surface area contributed by atoms with Gasteiger partial charge in [0, 0.05) is 38.7 Å². The standard InChI is InChI=1S/C18H31N3O3/c1-14-12-19-9-6-15(14)7-10-20-13-16(8-11-23-5)21-17(22)24-18(2,3)4/h6,9,12,16,20H,7-8,10-11,13H2,1-5H3,(H,21,22). The first-order valence-electron chi connectivity index (χ1n) is 8.40. The number of pyridine rings is 1. The van der Waals surface area contributed by atoms with Crippen LogP contribution in [0.5, 0.6) is 0 Å². The molecule has 0 saturated heterocycles. The summed E-state index contributed by atoms with van der Waals surface area (Å²) in [4.78, 5) is 16.0. The van der Waals surface area contributed by atoms with Crippen LogP contribution in [-0.4, -0.2) is 49.5 Å². The van der Waals surface area contributed by atoms with Crippen molar-refractivity contribution in [1.29, 1.82) is 0 Å². The topological polar surface area (TPSA) is 72.5 Å². The van der Waals surface area contributed by atoms with Gasteiger partial charge in [0.2, 0.25) is 0 Å². The zero-order chi connectivity index (χ0) is 18.0. The number of aryl methyl sites for hydroxylation is 1. The maximum Gasteiger partial charge on any atom is 0.407 e. The highest BCUT2D eigenvalue weighted by Gasteiger charge is 2.19. The Morgan fingerprint density at radius 3 is 2.75 bits per heavy atom. The van der Waals surface area contributed by atoms with Crippen molar-refractivity contribution in [2.24, 2.45) is 0 Å². The summed E-state index contributed by atoms with van der Waals surface area (Å²) in [5.74, 6) is 0. The maximum atomic E-state index is 11.9. The molecular weight excluding hydrogens is 306 g/mol. The number of hydrogen-bond donors (Lipinski definition) is 2. The predicted molar refractivity (Wildman–Crippen MR) is 95.2 cm³/mol. The molecule has 0 bridgehead atoms. The lowest BCUT2D eigenvalue weighted by molar-refractivity contribution is 0.0493. The first-order valence-corrected chi connectivity index (χ1v) is 8.40. The molecule has 0 aliphatic rings. The van der Waals surface area contributed by atoms with Gasteiger partial charge in [-0.1, -0.05) is 0 Å². The molecule has 1 rings (SSSR count). The molecule has 0 saturated carbocycles. The number of carbonyl (C=O) groups is 1. The average Bonchev–Trinajstić information content (AvgIpc) is 2.48. The Morgan fingerprint density at radius 1 is 1.38 bits per heavy atom. The summed E-state index contributed by atoms with van der Waals surface area (Å²) >= 11 is 0. The van der Waals surface area contributed by atoms with Crippen LogP contribution < -0.4 is 10.6 Å². The van der Waals surface area contributed by atoms with E-state index in [1.54, 1.807) is 7.11 Å². The lowest BCUT2D eigenvalue weighted by Gasteiger charge is -2.24. The lowest BCUT2D eigenvalue weighted by Crippen LogP contribution is -2.45. The van der Waals surface area contributed by atoms with Gasteiger partial charge in [0.05, 0.1) is 0 Å². The van der Waals surface area contributed by atoms with Crippen molar-refractivity contribution in [3.8, 4) is 0 Å². The fraction of sp³-hybridized carbons (Fsp3) is 0.667. The number of ether oxygens (including phenoxy) is 2. The van der Waals surface area contributed by atoms with E-state index in [9.17, 15) is 4.79 Å². The third-order valence-electron chi connectivity index (χ3n) is 3.49. The summed E-state index contributed by atoms with van der Waals surface area (Å²) in [5.41, 5.74) is 1.98. The smallest absolute Gasteiger partial charge is 0.407 e. The molecule has 2 N–H and O–H groups in total. The Balaban J connectivity index is 2.39. The molecule has 1 amide bonds. The molecule has 0 aromatic carbocycles. The summed E-state index contributed by atoms with van der Waals surface area (Å²) in [6.07, 6.45) is 4.96. The Kier molecular flexibility index (Phi) is 8.71. The van der Waals surface area contributed by atoms with Crippen molar-refractivity contribution in [3.05, 3.63) is 29.6 Å². The molecule has 0 aliphatic heterocycles. The van der Waals surface area contributed by atoms with Crippen LogP contribution in [0.3, 0.4) is 0 Å². The fourth-order valence-electron chi connectivity index (χ4n) is 2.24. The van der Waals surface area contributed by atoms with Gasteiger partial charge in [0.15, 0.2) is 0 Å². The van der Waals surface area contributed by atoms with Gasteiger partial charge in [0.25, 0.3) is 0 Å². The summed E-state index contributed by atoms with van der Waals surface area (Å²) < 4.78 is 10.4. The van der Waals surface area contributed by atoms with E-state index in [1.807, 2.05) is 39.2 Å². The third kappa shape index (κ3) is 8.84. The number of aromatic nitrogens is 1. The van der Waals surface area contributed by atoms with Crippen LogP contribution in [0.1, 0.15) is 38.3 Å². The van der Waals surface area contributed by atoms with E-state index in [1.165, 1.54) is 11.1 Å². The number of nitrogens with zero attached hydrogens (tertiary/aromatic N) is 1. The molecule has 24 heavy (non-hydrogen) atoms. The quantitative estimate of drug-likeness (QED) is 0.677. The molecular formula is C18H31N3O3. The third-order valence-corrected chi connectivity index (χ3v) is 3.49. The number of nitrogens with one attached hydrogen (secondary N) is 2. The second kappa shape index (κ2) is 10.3. The number of hydrogen-bond acceptors (Lipinski definition) is 5. The van der Waals surface area contributed by atoms with Crippen LogP contribution in [0.25, 0.3) is 0 Å². The second-order valence-electron chi connectivity index (χ2n) is 6.88. The van der Waals surface area contributed by atoms with Crippen LogP contribution in [0.15, 0.2) is 18.5 Å². The van der Waals surface area contributed by atoms with Gasteiger partial charge >= 0.3 is 6.09 Å². The molecule has 1 heterocycles. The van der Waals surface area contributed by atoms with Crippen molar-refractivity contribution in [3.63, 3.8) is 0 Å². The number of carbonyl (C=O) groups excluding carboxylic acids is 1. The Morgan fingerprint density at radius 2 is 2.12 bits per heavy atom. The molecule has 0 radical (unpaired) electrons. The van der Waals surface area contributed by atoms with E-state index >= 15 is 0 Å². The second-order valence-corrected chi connectivity index (χ2v) is 6.88. The SMILES string of the molecule is COCCC(CNCCc1ccncc1C)NC(=O)OC(C)(C)C. The first kappa shape index (κ1) is 20.4. The van der Waals surface area contributed by atoms with E-state index in [2.05, 4.69) is 22.5 Å². The van der Waals surface area contributed by atoms with E-state index in [0.717, 1.165) is 19.4 Å². The van der Waals surface area contributed by atoms with E-state index in [0.29, 0.717) is 13.2 Å². The summed E-state index contributed by atoms with van der Waals surface area (Å²) in [5, 5.41) is 6.30. The number of amides is 1. The largest absolute Gasteiger partial charge is 0.444 e. The molecule has 0 spiro atoms. The normalized spacial score (nSPS) is 12.7. The fourth-order valence-corrected chi connectivity index (χ4v) is 2.24. The number of methoxy groups -OCH3 is 1. The highest BCUT2D eigenvalue weighted by molar-refractivity contribution is 5.68. The molecule has 1 unspecified atom stereocenters. The molecule has 1 aromatic heterocycles.